The van der Waals surface area contributed by atoms with Gasteiger partial charge in [0.25, 0.3) is 5.91 Å². The molecule has 0 atom stereocenters. The standard InChI is InChI=1S/C18H20N2O4S/c1-24-16-8-4-6-14(12-16)18(21)19-15-7-5-9-17(13-15)25(22,23)20-10-2-3-11-20/h4-9,12-13H,2-3,10-11H2,1H3,(H,19,21). The molecule has 1 amide bonds. The number of anilines is 1. The van der Waals surface area contributed by atoms with Crippen molar-refractivity contribution in [1.29, 1.82) is 0 Å². The van der Waals surface area contributed by atoms with E-state index in [1.165, 1.54) is 17.5 Å². The molecule has 0 saturated carbocycles. The highest BCUT2D eigenvalue weighted by Crippen LogP contribution is 2.23. The first-order valence-corrected chi connectivity index (χ1v) is 9.50. The topological polar surface area (TPSA) is 75.7 Å². The molecule has 1 aliphatic heterocycles. The molecule has 132 valence electrons. The van der Waals surface area contributed by atoms with Gasteiger partial charge in [-0.15, -0.1) is 0 Å². The van der Waals surface area contributed by atoms with Crippen LogP contribution in [0.4, 0.5) is 5.69 Å². The van der Waals surface area contributed by atoms with Gasteiger partial charge < -0.3 is 10.1 Å². The second-order valence-electron chi connectivity index (χ2n) is 5.83. The van der Waals surface area contributed by atoms with Crippen LogP contribution in [0.5, 0.6) is 5.75 Å². The number of benzene rings is 2. The second kappa shape index (κ2) is 7.25. The Bertz CT molecular complexity index is 874. The maximum atomic E-state index is 12.6. The number of carbonyl (C=O) groups is 1. The number of sulfonamides is 1. The normalized spacial score (nSPS) is 15.1. The summed E-state index contributed by atoms with van der Waals surface area (Å²) < 4.78 is 31.8. The Morgan fingerprint density at radius 2 is 1.80 bits per heavy atom. The van der Waals surface area contributed by atoms with Crippen molar-refractivity contribution >= 4 is 21.6 Å². The van der Waals surface area contributed by atoms with Crippen molar-refractivity contribution in [2.75, 3.05) is 25.5 Å². The summed E-state index contributed by atoms with van der Waals surface area (Å²) >= 11 is 0. The molecule has 0 aliphatic carbocycles. The van der Waals surface area contributed by atoms with Crippen LogP contribution in [0.25, 0.3) is 0 Å². The third kappa shape index (κ3) is 3.83. The highest BCUT2D eigenvalue weighted by Gasteiger charge is 2.27. The molecule has 7 heteroatoms. The summed E-state index contributed by atoms with van der Waals surface area (Å²) in [6.45, 7) is 1.09. The molecule has 1 aliphatic rings. The lowest BCUT2D eigenvalue weighted by atomic mass is 10.2. The van der Waals surface area contributed by atoms with E-state index in [2.05, 4.69) is 5.32 Å². The number of methoxy groups -OCH3 is 1. The zero-order valence-corrected chi connectivity index (χ0v) is 14.8. The fourth-order valence-electron chi connectivity index (χ4n) is 2.78. The van der Waals surface area contributed by atoms with Gasteiger partial charge in [-0.3, -0.25) is 4.79 Å². The Morgan fingerprint density at radius 3 is 2.52 bits per heavy atom. The van der Waals surface area contributed by atoms with Crippen molar-refractivity contribution in [1.82, 2.24) is 4.31 Å². The number of carbonyl (C=O) groups excluding carboxylic acids is 1. The number of rotatable bonds is 5. The fraction of sp³-hybridized carbons (Fsp3) is 0.278. The minimum Gasteiger partial charge on any atom is -0.497 e. The molecule has 3 rings (SSSR count). The van der Waals surface area contributed by atoms with E-state index < -0.39 is 10.0 Å². The maximum absolute atomic E-state index is 12.6. The van der Waals surface area contributed by atoms with Gasteiger partial charge in [-0.2, -0.15) is 4.31 Å². The lowest BCUT2D eigenvalue weighted by Gasteiger charge is -2.16. The zero-order chi connectivity index (χ0) is 17.9. The summed E-state index contributed by atoms with van der Waals surface area (Å²) in [7, 11) is -1.98. The average molecular weight is 360 g/mol. The molecule has 0 unspecified atom stereocenters. The van der Waals surface area contributed by atoms with Gasteiger partial charge in [0.1, 0.15) is 5.75 Å². The SMILES string of the molecule is COc1cccc(C(=O)Nc2cccc(S(=O)(=O)N3CCCC3)c2)c1. The minimum atomic E-state index is -3.51. The van der Waals surface area contributed by atoms with Crippen LogP contribution in [0.2, 0.25) is 0 Å². The minimum absolute atomic E-state index is 0.192. The quantitative estimate of drug-likeness (QED) is 0.890. The number of amides is 1. The van der Waals surface area contributed by atoms with E-state index in [-0.39, 0.29) is 10.8 Å². The Balaban J connectivity index is 1.80. The Hall–Kier alpha value is -2.38. The third-order valence-corrected chi connectivity index (χ3v) is 6.02. The fourth-order valence-corrected chi connectivity index (χ4v) is 4.34. The van der Waals surface area contributed by atoms with Gasteiger partial charge in [-0.1, -0.05) is 12.1 Å². The van der Waals surface area contributed by atoms with Crippen LogP contribution in [0, 0.1) is 0 Å². The van der Waals surface area contributed by atoms with Crippen LogP contribution in [0.1, 0.15) is 23.2 Å². The molecule has 2 aromatic carbocycles. The molecule has 0 bridgehead atoms. The van der Waals surface area contributed by atoms with Crippen LogP contribution in [-0.4, -0.2) is 38.8 Å². The van der Waals surface area contributed by atoms with Crippen LogP contribution in [0.15, 0.2) is 53.4 Å². The van der Waals surface area contributed by atoms with Gasteiger partial charge in [0, 0.05) is 24.3 Å². The first-order valence-electron chi connectivity index (χ1n) is 8.06. The summed E-state index contributed by atoms with van der Waals surface area (Å²) in [4.78, 5) is 12.6. The van der Waals surface area contributed by atoms with Crippen molar-refractivity contribution in [3.63, 3.8) is 0 Å². The number of hydrogen-bond acceptors (Lipinski definition) is 4. The summed E-state index contributed by atoms with van der Waals surface area (Å²) in [6.07, 6.45) is 1.76. The second-order valence-corrected chi connectivity index (χ2v) is 7.76. The molecule has 0 spiro atoms. The van der Waals surface area contributed by atoms with E-state index in [1.807, 2.05) is 0 Å². The molecule has 0 aromatic heterocycles. The Labute approximate surface area is 147 Å². The number of ether oxygens (including phenoxy) is 1. The first kappa shape index (κ1) is 17.4. The lowest BCUT2D eigenvalue weighted by molar-refractivity contribution is 0.102. The average Bonchev–Trinajstić information content (AvgIpc) is 3.17. The maximum Gasteiger partial charge on any atom is 0.255 e. The van der Waals surface area contributed by atoms with E-state index in [9.17, 15) is 13.2 Å². The van der Waals surface area contributed by atoms with Crippen molar-refractivity contribution in [3.8, 4) is 5.75 Å². The molecule has 1 fully saturated rings. The largest absolute Gasteiger partial charge is 0.497 e. The van der Waals surface area contributed by atoms with Gasteiger partial charge in [0.15, 0.2) is 0 Å². The first-order chi connectivity index (χ1) is 12.0. The summed E-state index contributed by atoms with van der Waals surface area (Å²) in [5.41, 5.74) is 0.875. The van der Waals surface area contributed by atoms with Crippen LogP contribution >= 0.6 is 0 Å². The monoisotopic (exact) mass is 360 g/mol. The molecule has 25 heavy (non-hydrogen) atoms. The van der Waals surface area contributed by atoms with Crippen molar-refractivity contribution in [2.24, 2.45) is 0 Å². The smallest absolute Gasteiger partial charge is 0.255 e. The van der Waals surface area contributed by atoms with Crippen molar-refractivity contribution in [3.05, 3.63) is 54.1 Å². The summed E-state index contributed by atoms with van der Waals surface area (Å²) in [5.74, 6) is 0.257. The van der Waals surface area contributed by atoms with E-state index in [4.69, 9.17) is 4.74 Å². The Kier molecular flexibility index (Phi) is 5.06. The highest BCUT2D eigenvalue weighted by atomic mass is 32.2. The van der Waals surface area contributed by atoms with Crippen LogP contribution in [-0.2, 0) is 10.0 Å². The highest BCUT2D eigenvalue weighted by molar-refractivity contribution is 7.89. The third-order valence-electron chi connectivity index (χ3n) is 4.13. The molecular weight excluding hydrogens is 340 g/mol. The summed E-state index contributed by atoms with van der Waals surface area (Å²) in [5, 5.41) is 2.74. The number of nitrogens with one attached hydrogen (secondary N) is 1. The van der Waals surface area contributed by atoms with Gasteiger partial charge in [-0.05, 0) is 49.2 Å². The molecule has 1 N–H and O–H groups in total. The number of nitrogens with zero attached hydrogens (tertiary/aromatic N) is 1. The molecule has 0 radical (unpaired) electrons. The molecule has 1 heterocycles. The predicted molar refractivity (Wildman–Crippen MR) is 95.4 cm³/mol. The van der Waals surface area contributed by atoms with E-state index in [1.54, 1.807) is 42.5 Å². The summed E-state index contributed by atoms with van der Waals surface area (Å²) in [6, 6.07) is 13.1. The van der Waals surface area contributed by atoms with Gasteiger partial charge in [-0.25, -0.2) is 8.42 Å². The van der Waals surface area contributed by atoms with Gasteiger partial charge in [0.2, 0.25) is 10.0 Å². The predicted octanol–water partition coefficient (Wildman–Crippen LogP) is 2.73. The van der Waals surface area contributed by atoms with Gasteiger partial charge in [0.05, 0.1) is 12.0 Å². The molecule has 6 nitrogen and oxygen atoms in total. The van der Waals surface area contributed by atoms with Crippen molar-refractivity contribution < 1.29 is 17.9 Å². The van der Waals surface area contributed by atoms with E-state index in [0.29, 0.717) is 30.1 Å². The van der Waals surface area contributed by atoms with E-state index in [0.717, 1.165) is 12.8 Å². The molecule has 2 aromatic rings. The van der Waals surface area contributed by atoms with Gasteiger partial charge >= 0.3 is 0 Å². The van der Waals surface area contributed by atoms with Crippen LogP contribution < -0.4 is 10.1 Å². The number of hydrogen-bond donors (Lipinski definition) is 1. The Morgan fingerprint density at radius 1 is 1.08 bits per heavy atom. The zero-order valence-electron chi connectivity index (χ0n) is 13.9. The molecular formula is C18H20N2O4S. The molecule has 1 saturated heterocycles. The van der Waals surface area contributed by atoms with E-state index >= 15 is 0 Å². The lowest BCUT2D eigenvalue weighted by Crippen LogP contribution is -2.27. The van der Waals surface area contributed by atoms with Crippen molar-refractivity contribution in [2.45, 2.75) is 17.7 Å². The van der Waals surface area contributed by atoms with Crippen LogP contribution in [0.3, 0.4) is 0 Å².